The highest BCUT2D eigenvalue weighted by Crippen LogP contribution is 2.56. The first-order chi connectivity index (χ1) is 7.49. The van der Waals surface area contributed by atoms with Crippen LogP contribution >= 0.6 is 0 Å². The number of hydrogen-bond donors (Lipinski definition) is 0. The van der Waals surface area contributed by atoms with E-state index in [-0.39, 0.29) is 11.4 Å². The number of para-hydroxylation sites is 1. The van der Waals surface area contributed by atoms with E-state index in [9.17, 15) is 4.79 Å². The number of ether oxygens (including phenoxy) is 1. The standard InChI is InChI=1S/C13H15NO2/c1-12-8-11(15)16-13(12,2)14(3)10-7-5-4-6-9(10)12/h4-7H,8H2,1-3H3/t12-,13+/m1/s1. The van der Waals surface area contributed by atoms with Crippen LogP contribution in [0.15, 0.2) is 24.3 Å². The molecule has 1 aromatic carbocycles. The lowest BCUT2D eigenvalue weighted by atomic mass is 9.76. The van der Waals surface area contributed by atoms with Crippen molar-refractivity contribution < 1.29 is 9.53 Å². The number of fused-ring (bicyclic) bond motifs is 3. The number of hydrogen-bond acceptors (Lipinski definition) is 3. The highest BCUT2D eigenvalue weighted by molar-refractivity contribution is 5.81. The van der Waals surface area contributed by atoms with Crippen molar-refractivity contribution in [1.29, 1.82) is 0 Å². The number of carbonyl (C=O) groups is 1. The lowest BCUT2D eigenvalue weighted by molar-refractivity contribution is -0.147. The SMILES string of the molecule is CN1c2ccccc2[C@@]2(C)CC(=O)O[C@]12C. The van der Waals surface area contributed by atoms with E-state index in [1.54, 1.807) is 0 Å². The highest BCUT2D eigenvalue weighted by Gasteiger charge is 2.63. The van der Waals surface area contributed by atoms with Crippen molar-refractivity contribution in [1.82, 2.24) is 0 Å². The number of anilines is 1. The van der Waals surface area contributed by atoms with Gasteiger partial charge in [-0.15, -0.1) is 0 Å². The zero-order valence-electron chi connectivity index (χ0n) is 9.78. The summed E-state index contributed by atoms with van der Waals surface area (Å²) < 4.78 is 5.56. The van der Waals surface area contributed by atoms with Crippen LogP contribution in [-0.4, -0.2) is 18.7 Å². The van der Waals surface area contributed by atoms with Gasteiger partial charge in [0.2, 0.25) is 0 Å². The van der Waals surface area contributed by atoms with Gasteiger partial charge >= 0.3 is 5.97 Å². The Morgan fingerprint density at radius 1 is 1.31 bits per heavy atom. The van der Waals surface area contributed by atoms with Crippen LogP contribution in [0.4, 0.5) is 5.69 Å². The molecule has 3 rings (SSSR count). The van der Waals surface area contributed by atoms with E-state index < -0.39 is 5.72 Å². The first-order valence-corrected chi connectivity index (χ1v) is 5.54. The van der Waals surface area contributed by atoms with Crippen LogP contribution in [0.5, 0.6) is 0 Å². The molecule has 1 fully saturated rings. The fraction of sp³-hybridized carbons (Fsp3) is 0.462. The largest absolute Gasteiger partial charge is 0.438 e. The van der Waals surface area contributed by atoms with Gasteiger partial charge in [-0.25, -0.2) is 0 Å². The van der Waals surface area contributed by atoms with E-state index in [2.05, 4.69) is 24.0 Å². The average molecular weight is 217 g/mol. The predicted molar refractivity (Wildman–Crippen MR) is 61.3 cm³/mol. The molecule has 0 saturated carbocycles. The average Bonchev–Trinajstić information content (AvgIpc) is 2.57. The Kier molecular flexibility index (Phi) is 1.57. The van der Waals surface area contributed by atoms with Gasteiger partial charge in [0.15, 0.2) is 5.72 Å². The minimum Gasteiger partial charge on any atom is -0.438 e. The van der Waals surface area contributed by atoms with Gasteiger partial charge in [-0.05, 0) is 25.5 Å². The molecule has 84 valence electrons. The summed E-state index contributed by atoms with van der Waals surface area (Å²) >= 11 is 0. The molecule has 0 spiro atoms. The van der Waals surface area contributed by atoms with E-state index in [1.807, 2.05) is 26.1 Å². The maximum atomic E-state index is 11.6. The van der Waals surface area contributed by atoms with Crippen LogP contribution < -0.4 is 4.90 Å². The molecule has 2 aliphatic rings. The Balaban J connectivity index is 2.27. The van der Waals surface area contributed by atoms with Crippen molar-refractivity contribution in [2.24, 2.45) is 0 Å². The normalized spacial score (nSPS) is 35.9. The van der Waals surface area contributed by atoms with Crippen LogP contribution in [0.2, 0.25) is 0 Å². The predicted octanol–water partition coefficient (Wildman–Crippen LogP) is 2.06. The number of likely N-dealkylation sites (N-methyl/N-ethyl adjacent to an activating group) is 1. The maximum absolute atomic E-state index is 11.6. The van der Waals surface area contributed by atoms with Gasteiger partial charge in [-0.2, -0.15) is 0 Å². The smallest absolute Gasteiger partial charge is 0.309 e. The Morgan fingerprint density at radius 2 is 2.00 bits per heavy atom. The molecule has 2 heterocycles. The van der Waals surface area contributed by atoms with Crippen LogP contribution in [-0.2, 0) is 14.9 Å². The van der Waals surface area contributed by atoms with Gasteiger partial charge in [0.25, 0.3) is 0 Å². The summed E-state index contributed by atoms with van der Waals surface area (Å²) in [6.07, 6.45) is 0.463. The van der Waals surface area contributed by atoms with Gasteiger partial charge in [0.1, 0.15) is 0 Å². The van der Waals surface area contributed by atoms with Crippen molar-refractivity contribution in [3.8, 4) is 0 Å². The van der Waals surface area contributed by atoms with Gasteiger partial charge < -0.3 is 9.64 Å². The topological polar surface area (TPSA) is 29.5 Å². The number of esters is 1. The van der Waals surface area contributed by atoms with Gasteiger partial charge in [0, 0.05) is 12.7 Å². The van der Waals surface area contributed by atoms with Gasteiger partial charge in [-0.3, -0.25) is 4.79 Å². The molecule has 3 nitrogen and oxygen atoms in total. The van der Waals surface area contributed by atoms with Crippen molar-refractivity contribution in [3.05, 3.63) is 29.8 Å². The molecule has 0 amide bonds. The van der Waals surface area contributed by atoms with Gasteiger partial charge in [0.05, 0.1) is 11.8 Å². The van der Waals surface area contributed by atoms with E-state index in [1.165, 1.54) is 11.3 Å². The Morgan fingerprint density at radius 3 is 2.75 bits per heavy atom. The summed E-state index contributed by atoms with van der Waals surface area (Å²) in [7, 11) is 1.99. The monoisotopic (exact) mass is 217 g/mol. The minimum absolute atomic E-state index is 0.105. The number of rotatable bonds is 0. The summed E-state index contributed by atoms with van der Waals surface area (Å²) in [6.45, 7) is 4.11. The molecule has 0 unspecified atom stereocenters. The maximum Gasteiger partial charge on any atom is 0.309 e. The van der Waals surface area contributed by atoms with Crippen LogP contribution in [0.25, 0.3) is 0 Å². The van der Waals surface area contributed by atoms with Gasteiger partial charge in [-0.1, -0.05) is 18.2 Å². The van der Waals surface area contributed by atoms with E-state index in [4.69, 9.17) is 4.74 Å². The molecular weight excluding hydrogens is 202 g/mol. The third-order valence-electron chi connectivity index (χ3n) is 4.33. The number of benzene rings is 1. The summed E-state index contributed by atoms with van der Waals surface area (Å²) in [4.78, 5) is 13.7. The third kappa shape index (κ3) is 0.833. The molecule has 1 aromatic rings. The first-order valence-electron chi connectivity index (χ1n) is 5.54. The molecule has 0 aliphatic carbocycles. The van der Waals surface area contributed by atoms with E-state index in [0.717, 1.165) is 0 Å². The summed E-state index contributed by atoms with van der Waals surface area (Å²) in [5.74, 6) is -0.105. The lowest BCUT2D eigenvalue weighted by Gasteiger charge is -2.37. The number of carbonyl (C=O) groups excluding carboxylic acids is 1. The summed E-state index contributed by atoms with van der Waals surface area (Å²) in [5, 5.41) is 0. The second-order valence-electron chi connectivity index (χ2n) is 5.04. The van der Waals surface area contributed by atoms with Crippen molar-refractivity contribution >= 4 is 11.7 Å². The molecule has 0 N–H and O–H groups in total. The van der Waals surface area contributed by atoms with E-state index >= 15 is 0 Å². The molecular formula is C13H15NO2. The third-order valence-corrected chi connectivity index (χ3v) is 4.33. The van der Waals surface area contributed by atoms with E-state index in [0.29, 0.717) is 6.42 Å². The van der Waals surface area contributed by atoms with Crippen LogP contribution in [0, 0.1) is 0 Å². The highest BCUT2D eigenvalue weighted by atomic mass is 16.6. The molecule has 3 heteroatoms. The summed E-state index contributed by atoms with van der Waals surface area (Å²) in [5.41, 5.74) is 1.62. The second kappa shape index (κ2) is 2.59. The van der Waals surface area contributed by atoms with Crippen LogP contribution in [0.1, 0.15) is 25.8 Å². The summed E-state index contributed by atoms with van der Waals surface area (Å²) in [6, 6.07) is 8.22. The van der Waals surface area contributed by atoms with Crippen molar-refractivity contribution in [2.75, 3.05) is 11.9 Å². The van der Waals surface area contributed by atoms with Crippen LogP contribution in [0.3, 0.4) is 0 Å². The molecule has 1 saturated heterocycles. The lowest BCUT2D eigenvalue weighted by Crippen LogP contribution is -2.50. The fourth-order valence-electron chi connectivity index (χ4n) is 3.07. The molecule has 16 heavy (non-hydrogen) atoms. The second-order valence-corrected chi connectivity index (χ2v) is 5.04. The Labute approximate surface area is 95.0 Å². The number of nitrogens with zero attached hydrogens (tertiary/aromatic N) is 1. The molecule has 2 aliphatic heterocycles. The quantitative estimate of drug-likeness (QED) is 0.623. The molecule has 0 radical (unpaired) electrons. The zero-order valence-corrected chi connectivity index (χ0v) is 9.78. The fourth-order valence-corrected chi connectivity index (χ4v) is 3.07. The Hall–Kier alpha value is -1.51. The van der Waals surface area contributed by atoms with Crippen molar-refractivity contribution in [3.63, 3.8) is 0 Å². The minimum atomic E-state index is -0.534. The molecule has 0 aromatic heterocycles. The Bertz CT molecular complexity index is 485. The zero-order chi connectivity index (χ0) is 11.6. The van der Waals surface area contributed by atoms with Crippen molar-refractivity contribution in [2.45, 2.75) is 31.4 Å². The molecule has 2 atom stereocenters. The molecule has 0 bridgehead atoms. The first kappa shape index (κ1) is 9.70.